The predicted octanol–water partition coefficient (Wildman–Crippen LogP) is 3.33. The number of para-hydroxylation sites is 1. The first kappa shape index (κ1) is 15.9. The highest BCUT2D eigenvalue weighted by molar-refractivity contribution is 6.35. The number of nitrogens with one attached hydrogen (secondary N) is 2. The van der Waals surface area contributed by atoms with Gasteiger partial charge in [-0.3, -0.25) is 9.69 Å². The average molecular weight is 334 g/mol. The van der Waals surface area contributed by atoms with Crippen LogP contribution in [0, 0.1) is 5.92 Å². The Morgan fingerprint density at radius 3 is 2.78 bits per heavy atom. The molecule has 4 rings (SSSR count). The zero-order chi connectivity index (χ0) is 15.3. The van der Waals surface area contributed by atoms with E-state index >= 15 is 0 Å². The fraction of sp³-hybridized carbons (Fsp3) is 0.412. The van der Waals surface area contributed by atoms with Gasteiger partial charge in [0.25, 0.3) is 5.91 Å². The molecule has 6 heteroatoms. The Morgan fingerprint density at radius 1 is 1.26 bits per heavy atom. The second-order valence-corrected chi connectivity index (χ2v) is 6.48. The lowest BCUT2D eigenvalue weighted by Gasteiger charge is -2.11. The van der Waals surface area contributed by atoms with Gasteiger partial charge in [0.15, 0.2) is 0 Å². The van der Waals surface area contributed by atoms with Gasteiger partial charge in [0.1, 0.15) is 6.04 Å². The van der Waals surface area contributed by atoms with Crippen molar-refractivity contribution in [3.05, 3.63) is 35.0 Å². The Balaban J connectivity index is 0.00000156. The SMILES string of the molecule is C.O=C1N[C@H](Cc2c[nH]c3c(Cl)cccc23)C(=O)N1CC1CC1. The molecule has 2 fully saturated rings. The largest absolute Gasteiger partial charge is 0.360 e. The first-order chi connectivity index (χ1) is 10.6. The van der Waals surface area contributed by atoms with Gasteiger partial charge >= 0.3 is 6.03 Å². The van der Waals surface area contributed by atoms with Crippen LogP contribution in [0.3, 0.4) is 0 Å². The fourth-order valence-electron chi connectivity index (χ4n) is 3.01. The molecule has 2 heterocycles. The Hall–Kier alpha value is -2.01. The summed E-state index contributed by atoms with van der Waals surface area (Å²) in [5.41, 5.74) is 1.86. The number of carbonyl (C=O) groups is 2. The third-order valence-electron chi connectivity index (χ3n) is 4.42. The van der Waals surface area contributed by atoms with Crippen LogP contribution in [0.2, 0.25) is 5.02 Å². The summed E-state index contributed by atoms with van der Waals surface area (Å²) in [6.07, 6.45) is 4.57. The van der Waals surface area contributed by atoms with Gasteiger partial charge in [0.05, 0.1) is 10.5 Å². The van der Waals surface area contributed by atoms with E-state index in [1.807, 2.05) is 24.4 Å². The van der Waals surface area contributed by atoms with Crippen molar-refractivity contribution in [1.82, 2.24) is 15.2 Å². The highest BCUT2D eigenvalue weighted by Crippen LogP contribution is 2.31. The Bertz CT molecular complexity index is 766. The molecule has 3 amide bonds. The molecule has 1 aromatic heterocycles. The molecule has 0 spiro atoms. The number of imide groups is 1. The number of rotatable bonds is 4. The van der Waals surface area contributed by atoms with Crippen LogP contribution in [-0.4, -0.2) is 34.4 Å². The van der Waals surface area contributed by atoms with Crippen molar-refractivity contribution in [2.45, 2.75) is 32.7 Å². The predicted molar refractivity (Wildman–Crippen MR) is 90.5 cm³/mol. The minimum absolute atomic E-state index is 0. The summed E-state index contributed by atoms with van der Waals surface area (Å²) in [5.74, 6) is 0.383. The highest BCUT2D eigenvalue weighted by atomic mass is 35.5. The number of hydrogen-bond donors (Lipinski definition) is 2. The summed E-state index contributed by atoms with van der Waals surface area (Å²) < 4.78 is 0. The van der Waals surface area contributed by atoms with Gasteiger partial charge in [-0.25, -0.2) is 4.79 Å². The molecule has 0 unspecified atom stereocenters. The summed E-state index contributed by atoms with van der Waals surface area (Å²) in [6.45, 7) is 0.556. The molecule has 5 nitrogen and oxygen atoms in total. The molecule has 2 N–H and O–H groups in total. The molecular weight excluding hydrogens is 314 g/mol. The van der Waals surface area contributed by atoms with Crippen molar-refractivity contribution in [2.75, 3.05) is 6.54 Å². The van der Waals surface area contributed by atoms with E-state index in [1.54, 1.807) is 0 Å². The van der Waals surface area contributed by atoms with Crippen molar-refractivity contribution in [2.24, 2.45) is 5.92 Å². The zero-order valence-corrected chi connectivity index (χ0v) is 12.7. The Labute approximate surface area is 140 Å². The number of nitrogens with zero attached hydrogens (tertiary/aromatic N) is 1. The van der Waals surface area contributed by atoms with Crippen LogP contribution in [0.1, 0.15) is 25.8 Å². The van der Waals surface area contributed by atoms with E-state index in [9.17, 15) is 9.59 Å². The molecule has 0 radical (unpaired) electrons. The molecule has 122 valence electrons. The first-order valence-corrected chi connectivity index (χ1v) is 7.87. The number of H-pyrrole nitrogens is 1. The van der Waals surface area contributed by atoms with Crippen LogP contribution in [-0.2, 0) is 11.2 Å². The third kappa shape index (κ3) is 2.81. The summed E-state index contributed by atoms with van der Waals surface area (Å²) in [7, 11) is 0. The monoisotopic (exact) mass is 333 g/mol. The standard InChI is InChI=1S/C16H16ClN3O2.CH4/c17-12-3-1-2-11-10(7-18-14(11)12)6-13-15(21)20(16(22)19-13)8-9-4-5-9;/h1-3,7,9,13,18H,4-6,8H2,(H,19,22);1H4/t13-;/m1./s1. The zero-order valence-electron chi connectivity index (χ0n) is 11.9. The summed E-state index contributed by atoms with van der Waals surface area (Å²) in [4.78, 5) is 28.9. The molecule has 0 bridgehead atoms. The maximum atomic E-state index is 12.4. The van der Waals surface area contributed by atoms with Crippen LogP contribution in [0.5, 0.6) is 0 Å². The molecule has 1 aliphatic heterocycles. The van der Waals surface area contributed by atoms with Crippen molar-refractivity contribution in [1.29, 1.82) is 0 Å². The average Bonchev–Trinajstić information content (AvgIpc) is 3.17. The molecule has 1 atom stereocenters. The molecule has 2 aromatic rings. The molecular formula is C17H20ClN3O2. The second-order valence-electron chi connectivity index (χ2n) is 6.07. The molecule has 1 saturated heterocycles. The topological polar surface area (TPSA) is 65.2 Å². The summed E-state index contributed by atoms with van der Waals surface area (Å²) in [5, 5.41) is 4.44. The van der Waals surface area contributed by atoms with Crippen LogP contribution < -0.4 is 5.32 Å². The Kier molecular flexibility index (Phi) is 4.06. The van der Waals surface area contributed by atoms with E-state index in [-0.39, 0.29) is 19.4 Å². The maximum Gasteiger partial charge on any atom is 0.324 e. The molecule has 1 saturated carbocycles. The van der Waals surface area contributed by atoms with Gasteiger partial charge in [-0.1, -0.05) is 31.2 Å². The number of benzene rings is 1. The number of carbonyl (C=O) groups excluding carboxylic acids is 2. The fourth-order valence-corrected chi connectivity index (χ4v) is 3.24. The van der Waals surface area contributed by atoms with E-state index in [1.165, 1.54) is 4.90 Å². The minimum Gasteiger partial charge on any atom is -0.360 e. The number of halogens is 1. The van der Waals surface area contributed by atoms with Crippen molar-refractivity contribution in [3.63, 3.8) is 0 Å². The molecule has 2 aliphatic rings. The number of aromatic amines is 1. The van der Waals surface area contributed by atoms with Crippen molar-refractivity contribution < 1.29 is 9.59 Å². The normalized spacial score (nSPS) is 20.7. The van der Waals surface area contributed by atoms with E-state index in [0.717, 1.165) is 29.3 Å². The quantitative estimate of drug-likeness (QED) is 0.843. The lowest BCUT2D eigenvalue weighted by molar-refractivity contribution is -0.127. The number of aromatic nitrogens is 1. The number of hydrogen-bond acceptors (Lipinski definition) is 2. The van der Waals surface area contributed by atoms with Gasteiger partial charge in [-0.15, -0.1) is 0 Å². The summed E-state index contributed by atoms with van der Waals surface area (Å²) >= 11 is 6.15. The number of fused-ring (bicyclic) bond motifs is 1. The molecule has 23 heavy (non-hydrogen) atoms. The lowest BCUT2D eigenvalue weighted by Crippen LogP contribution is -2.33. The maximum absolute atomic E-state index is 12.4. The minimum atomic E-state index is -0.482. The van der Waals surface area contributed by atoms with Gasteiger partial charge < -0.3 is 10.3 Å². The van der Waals surface area contributed by atoms with Crippen LogP contribution in [0.15, 0.2) is 24.4 Å². The van der Waals surface area contributed by atoms with Crippen LogP contribution in [0.25, 0.3) is 10.9 Å². The third-order valence-corrected chi connectivity index (χ3v) is 4.73. The van der Waals surface area contributed by atoms with Gasteiger partial charge in [-0.05, 0) is 30.4 Å². The Morgan fingerprint density at radius 2 is 2.04 bits per heavy atom. The highest BCUT2D eigenvalue weighted by Gasteiger charge is 2.40. The lowest BCUT2D eigenvalue weighted by atomic mass is 10.0. The second kappa shape index (κ2) is 5.89. The van der Waals surface area contributed by atoms with Crippen molar-refractivity contribution >= 4 is 34.4 Å². The van der Waals surface area contributed by atoms with Crippen LogP contribution >= 0.6 is 11.6 Å². The van der Waals surface area contributed by atoms with Gasteiger partial charge in [0, 0.05) is 24.5 Å². The van der Waals surface area contributed by atoms with E-state index in [2.05, 4.69) is 10.3 Å². The molecule has 1 aliphatic carbocycles. The van der Waals surface area contributed by atoms with E-state index < -0.39 is 6.04 Å². The van der Waals surface area contributed by atoms with E-state index in [4.69, 9.17) is 11.6 Å². The van der Waals surface area contributed by atoms with E-state index in [0.29, 0.717) is 23.9 Å². The van der Waals surface area contributed by atoms with Gasteiger partial charge in [0.2, 0.25) is 0 Å². The van der Waals surface area contributed by atoms with Crippen molar-refractivity contribution in [3.8, 4) is 0 Å². The van der Waals surface area contributed by atoms with Gasteiger partial charge in [-0.2, -0.15) is 0 Å². The molecule has 1 aromatic carbocycles. The number of amides is 3. The summed E-state index contributed by atoms with van der Waals surface area (Å²) in [6, 6.07) is 4.93. The van der Waals surface area contributed by atoms with Crippen LogP contribution in [0.4, 0.5) is 4.79 Å². The smallest absolute Gasteiger partial charge is 0.324 e. The number of urea groups is 1. The first-order valence-electron chi connectivity index (χ1n) is 7.50.